The van der Waals surface area contributed by atoms with Crippen LogP contribution in [0.4, 0.5) is 0 Å². The van der Waals surface area contributed by atoms with Gasteiger partial charge in [0.2, 0.25) is 11.8 Å². The highest BCUT2D eigenvalue weighted by atomic mass is 16.2. The molecule has 3 atom stereocenters. The molecule has 2 aromatic rings. The molecule has 178 valence electrons. The zero-order valence-corrected chi connectivity index (χ0v) is 19.6. The highest BCUT2D eigenvalue weighted by Gasteiger charge is 2.40. The largest absolute Gasteiger partial charge is 0.343 e. The molecular weight excluding hydrogens is 418 g/mol. The van der Waals surface area contributed by atoms with Crippen molar-refractivity contribution in [2.24, 2.45) is 5.92 Å². The highest BCUT2D eigenvalue weighted by Crippen LogP contribution is 2.34. The van der Waals surface area contributed by atoms with Crippen LogP contribution in [0.5, 0.6) is 0 Å². The van der Waals surface area contributed by atoms with Gasteiger partial charge in [-0.25, -0.2) is 4.68 Å². The Morgan fingerprint density at radius 1 is 1.09 bits per heavy atom. The summed E-state index contributed by atoms with van der Waals surface area (Å²) < 4.78 is 1.79. The average molecular weight is 454 g/mol. The van der Waals surface area contributed by atoms with Crippen LogP contribution in [0.15, 0.2) is 30.3 Å². The van der Waals surface area contributed by atoms with Crippen LogP contribution < -0.4 is 10.6 Å². The molecule has 1 aliphatic carbocycles. The Morgan fingerprint density at radius 3 is 2.58 bits per heavy atom. The molecule has 2 fully saturated rings. The molecule has 9 heteroatoms. The van der Waals surface area contributed by atoms with Gasteiger partial charge in [0, 0.05) is 6.54 Å². The summed E-state index contributed by atoms with van der Waals surface area (Å²) in [6.45, 7) is 3.03. The number of aromatic nitrogens is 4. The number of benzene rings is 1. The molecule has 2 amide bonds. The Bertz CT molecular complexity index is 926. The fourth-order valence-corrected chi connectivity index (χ4v) is 5.05. The van der Waals surface area contributed by atoms with Crippen molar-refractivity contribution < 1.29 is 9.59 Å². The van der Waals surface area contributed by atoms with Crippen LogP contribution in [0.25, 0.3) is 0 Å². The second-order valence-electron chi connectivity index (χ2n) is 9.26. The summed E-state index contributed by atoms with van der Waals surface area (Å²) in [7, 11) is 1.75. The minimum Gasteiger partial charge on any atom is -0.343 e. The minimum atomic E-state index is -0.507. The van der Waals surface area contributed by atoms with E-state index < -0.39 is 6.04 Å². The van der Waals surface area contributed by atoms with Crippen molar-refractivity contribution in [3.05, 3.63) is 41.7 Å². The Balaban J connectivity index is 1.55. The SMILES string of the molecule is CNC(C)C(=O)N[C@H](C(=O)N1CCCC1c1nnnn1Cc1ccccc1)C1CCCCC1. The Hall–Kier alpha value is -2.81. The van der Waals surface area contributed by atoms with Gasteiger partial charge in [-0.3, -0.25) is 9.59 Å². The summed E-state index contributed by atoms with van der Waals surface area (Å²) in [4.78, 5) is 28.5. The van der Waals surface area contributed by atoms with Crippen molar-refractivity contribution in [2.45, 2.75) is 76.5 Å². The van der Waals surface area contributed by atoms with Crippen LogP contribution in [-0.2, 0) is 16.1 Å². The van der Waals surface area contributed by atoms with E-state index in [9.17, 15) is 9.59 Å². The molecule has 0 radical (unpaired) electrons. The van der Waals surface area contributed by atoms with Gasteiger partial charge in [0.15, 0.2) is 5.82 Å². The fourth-order valence-electron chi connectivity index (χ4n) is 5.05. The standard InChI is InChI=1S/C24H35N7O2/c1-17(25-2)23(32)26-21(19-12-7-4-8-13-19)24(33)30-15-9-14-20(30)22-27-28-29-31(22)16-18-10-5-3-6-11-18/h3,5-6,10-11,17,19-21,25H,4,7-9,12-16H2,1-2H3,(H,26,32)/t17?,20?,21-/m0/s1. The van der Waals surface area contributed by atoms with E-state index in [0.29, 0.717) is 18.9 Å². The third kappa shape index (κ3) is 5.40. The quantitative estimate of drug-likeness (QED) is 0.634. The van der Waals surface area contributed by atoms with E-state index in [1.54, 1.807) is 11.7 Å². The molecule has 33 heavy (non-hydrogen) atoms. The molecule has 0 spiro atoms. The number of nitrogens with zero attached hydrogens (tertiary/aromatic N) is 5. The number of amides is 2. The molecule has 1 saturated heterocycles. The predicted octanol–water partition coefficient (Wildman–Crippen LogP) is 2.06. The lowest BCUT2D eigenvalue weighted by molar-refractivity contribution is -0.139. The van der Waals surface area contributed by atoms with Crippen molar-refractivity contribution in [3.63, 3.8) is 0 Å². The van der Waals surface area contributed by atoms with E-state index in [0.717, 1.165) is 44.1 Å². The van der Waals surface area contributed by atoms with Crippen molar-refractivity contribution in [2.75, 3.05) is 13.6 Å². The van der Waals surface area contributed by atoms with Crippen LogP contribution in [0.3, 0.4) is 0 Å². The van der Waals surface area contributed by atoms with E-state index in [2.05, 4.69) is 26.2 Å². The summed E-state index contributed by atoms with van der Waals surface area (Å²) in [6.07, 6.45) is 7.05. The maximum absolute atomic E-state index is 13.9. The number of nitrogens with one attached hydrogen (secondary N) is 2. The van der Waals surface area contributed by atoms with Crippen molar-refractivity contribution in [1.82, 2.24) is 35.7 Å². The summed E-state index contributed by atoms with van der Waals surface area (Å²) in [5, 5.41) is 18.5. The van der Waals surface area contributed by atoms with Gasteiger partial charge in [-0.15, -0.1) is 5.10 Å². The van der Waals surface area contributed by atoms with Crippen LogP contribution >= 0.6 is 0 Å². The van der Waals surface area contributed by atoms with Crippen molar-refractivity contribution >= 4 is 11.8 Å². The molecule has 1 aromatic carbocycles. The van der Waals surface area contributed by atoms with Crippen LogP contribution in [0.2, 0.25) is 0 Å². The molecule has 2 unspecified atom stereocenters. The van der Waals surface area contributed by atoms with Crippen LogP contribution in [-0.4, -0.2) is 62.6 Å². The van der Waals surface area contributed by atoms with Crippen LogP contribution in [0.1, 0.15) is 69.3 Å². The van der Waals surface area contributed by atoms with Gasteiger partial charge in [-0.05, 0) is 61.6 Å². The first-order chi connectivity index (χ1) is 16.1. The summed E-state index contributed by atoms with van der Waals surface area (Å²) in [5.74, 6) is 0.740. The molecule has 9 nitrogen and oxygen atoms in total. The third-order valence-corrected chi connectivity index (χ3v) is 7.08. The van der Waals surface area contributed by atoms with Gasteiger partial charge in [-0.1, -0.05) is 49.6 Å². The molecule has 4 rings (SSSR count). The normalized spacial score (nSPS) is 21.0. The number of hydrogen-bond donors (Lipinski definition) is 2. The smallest absolute Gasteiger partial charge is 0.246 e. The second-order valence-corrected chi connectivity index (χ2v) is 9.26. The van der Waals surface area contributed by atoms with Crippen LogP contribution in [0, 0.1) is 5.92 Å². The lowest BCUT2D eigenvalue weighted by atomic mass is 9.83. The fraction of sp³-hybridized carbons (Fsp3) is 0.625. The van der Waals surface area contributed by atoms with Gasteiger partial charge in [0.25, 0.3) is 0 Å². The second kappa shape index (κ2) is 10.9. The topological polar surface area (TPSA) is 105 Å². The number of likely N-dealkylation sites (N-methyl/N-ethyl adjacent to an activating group) is 1. The zero-order chi connectivity index (χ0) is 23.2. The first-order valence-electron chi connectivity index (χ1n) is 12.2. The van der Waals surface area contributed by atoms with Gasteiger partial charge in [0.05, 0.1) is 18.6 Å². The number of carbonyl (C=O) groups is 2. The van der Waals surface area contributed by atoms with Gasteiger partial charge < -0.3 is 15.5 Å². The van der Waals surface area contributed by atoms with Crippen molar-refractivity contribution in [3.8, 4) is 0 Å². The number of likely N-dealkylation sites (tertiary alicyclic amines) is 1. The maximum atomic E-state index is 13.9. The minimum absolute atomic E-state index is 0.00434. The molecule has 2 heterocycles. The van der Waals surface area contributed by atoms with Gasteiger partial charge in [-0.2, -0.15) is 0 Å². The molecular formula is C24H35N7O2. The molecule has 2 aliphatic rings. The average Bonchev–Trinajstić information content (AvgIpc) is 3.52. The molecule has 0 bridgehead atoms. The molecule has 2 N–H and O–H groups in total. The first kappa shape index (κ1) is 23.4. The van der Waals surface area contributed by atoms with E-state index in [1.165, 1.54) is 6.42 Å². The molecule has 1 aromatic heterocycles. The number of carbonyl (C=O) groups excluding carboxylic acids is 2. The lowest BCUT2D eigenvalue weighted by Crippen LogP contribution is -2.55. The number of tetrazole rings is 1. The summed E-state index contributed by atoms with van der Waals surface area (Å²) in [6, 6.07) is 9.02. The zero-order valence-electron chi connectivity index (χ0n) is 19.6. The Morgan fingerprint density at radius 2 is 1.85 bits per heavy atom. The summed E-state index contributed by atoms with van der Waals surface area (Å²) >= 11 is 0. The van der Waals surface area contributed by atoms with Gasteiger partial charge in [0.1, 0.15) is 6.04 Å². The summed E-state index contributed by atoms with van der Waals surface area (Å²) in [5.41, 5.74) is 1.11. The van der Waals surface area contributed by atoms with Crippen molar-refractivity contribution in [1.29, 1.82) is 0 Å². The Kier molecular flexibility index (Phi) is 7.69. The Labute approximate surface area is 195 Å². The van der Waals surface area contributed by atoms with Gasteiger partial charge >= 0.3 is 0 Å². The molecule has 1 saturated carbocycles. The van der Waals surface area contributed by atoms with E-state index >= 15 is 0 Å². The van der Waals surface area contributed by atoms with E-state index in [-0.39, 0.29) is 29.8 Å². The van der Waals surface area contributed by atoms with E-state index in [4.69, 9.17) is 0 Å². The highest BCUT2D eigenvalue weighted by molar-refractivity contribution is 5.90. The monoisotopic (exact) mass is 453 g/mol. The maximum Gasteiger partial charge on any atom is 0.246 e. The van der Waals surface area contributed by atoms with E-state index in [1.807, 2.05) is 42.2 Å². The molecule has 1 aliphatic heterocycles. The predicted molar refractivity (Wildman–Crippen MR) is 124 cm³/mol. The first-order valence-corrected chi connectivity index (χ1v) is 12.2. The lowest BCUT2D eigenvalue weighted by Gasteiger charge is -2.35. The third-order valence-electron chi connectivity index (χ3n) is 7.08. The number of hydrogen-bond acceptors (Lipinski definition) is 6. The number of rotatable bonds is 8.